The van der Waals surface area contributed by atoms with Gasteiger partial charge in [-0.2, -0.15) is 0 Å². The van der Waals surface area contributed by atoms with E-state index in [0.29, 0.717) is 5.92 Å². The molecule has 1 unspecified atom stereocenters. The highest BCUT2D eigenvalue weighted by Gasteiger charge is 2.38. The lowest BCUT2D eigenvalue weighted by Crippen LogP contribution is -2.57. The summed E-state index contributed by atoms with van der Waals surface area (Å²) in [7, 11) is 0. The molecule has 1 fully saturated rings. The van der Waals surface area contributed by atoms with Crippen LogP contribution in [0.2, 0.25) is 0 Å². The average Bonchev–Trinajstić information content (AvgIpc) is 2.39. The van der Waals surface area contributed by atoms with Gasteiger partial charge in [0, 0.05) is 25.2 Å². The highest BCUT2D eigenvalue weighted by Crippen LogP contribution is 2.36. The van der Waals surface area contributed by atoms with Crippen molar-refractivity contribution in [1.82, 2.24) is 4.90 Å². The Labute approximate surface area is 113 Å². The van der Waals surface area contributed by atoms with Crippen molar-refractivity contribution in [3.63, 3.8) is 0 Å². The van der Waals surface area contributed by atoms with Crippen LogP contribution < -0.4 is 5.73 Å². The number of hydrogen-bond acceptors (Lipinski definition) is 3. The Morgan fingerprint density at radius 2 is 2.00 bits per heavy atom. The second kappa shape index (κ2) is 7.46. The van der Waals surface area contributed by atoms with Gasteiger partial charge in [-0.15, -0.1) is 0 Å². The molecule has 0 spiro atoms. The minimum atomic E-state index is 0.200. The lowest BCUT2D eigenvalue weighted by molar-refractivity contribution is 0.0260. The van der Waals surface area contributed by atoms with Crippen LogP contribution in [0.3, 0.4) is 0 Å². The summed E-state index contributed by atoms with van der Waals surface area (Å²) in [6, 6.07) is 0. The van der Waals surface area contributed by atoms with E-state index in [0.717, 1.165) is 32.0 Å². The average molecular weight is 256 g/mol. The predicted molar refractivity (Wildman–Crippen MR) is 77.5 cm³/mol. The fourth-order valence-corrected chi connectivity index (χ4v) is 3.17. The summed E-state index contributed by atoms with van der Waals surface area (Å²) in [4.78, 5) is 2.57. The first kappa shape index (κ1) is 15.9. The third-order valence-electron chi connectivity index (χ3n) is 4.59. The van der Waals surface area contributed by atoms with Crippen molar-refractivity contribution in [1.29, 1.82) is 0 Å². The highest BCUT2D eigenvalue weighted by molar-refractivity contribution is 4.95. The van der Waals surface area contributed by atoms with E-state index in [9.17, 15) is 5.11 Å². The molecule has 1 aliphatic rings. The Hall–Kier alpha value is -0.120. The monoisotopic (exact) mass is 256 g/mol. The normalized spacial score (nSPS) is 30.7. The van der Waals surface area contributed by atoms with Crippen molar-refractivity contribution in [2.24, 2.45) is 17.6 Å². The molecule has 0 aromatic heterocycles. The maximum absolute atomic E-state index is 9.29. The number of aliphatic hydroxyl groups excluding tert-OH is 1. The molecular weight excluding hydrogens is 224 g/mol. The van der Waals surface area contributed by atoms with Gasteiger partial charge in [0.1, 0.15) is 0 Å². The summed E-state index contributed by atoms with van der Waals surface area (Å²) in [6.07, 6.45) is 6.21. The fraction of sp³-hybridized carbons (Fsp3) is 1.00. The second-order valence-electron chi connectivity index (χ2n) is 6.34. The van der Waals surface area contributed by atoms with Gasteiger partial charge in [-0.25, -0.2) is 0 Å². The Morgan fingerprint density at radius 3 is 2.44 bits per heavy atom. The molecule has 0 saturated heterocycles. The summed E-state index contributed by atoms with van der Waals surface area (Å²) in [5, 5.41) is 9.29. The molecule has 3 N–H and O–H groups in total. The van der Waals surface area contributed by atoms with Crippen LogP contribution in [-0.4, -0.2) is 41.8 Å². The molecular formula is C15H32N2O. The topological polar surface area (TPSA) is 49.5 Å². The molecule has 1 saturated carbocycles. The first-order valence-electron chi connectivity index (χ1n) is 7.64. The summed E-state index contributed by atoms with van der Waals surface area (Å²) in [5.41, 5.74) is 6.33. The minimum Gasteiger partial charge on any atom is -0.396 e. The van der Waals surface area contributed by atoms with Crippen molar-refractivity contribution in [3.8, 4) is 0 Å². The minimum absolute atomic E-state index is 0.200. The maximum Gasteiger partial charge on any atom is 0.0468 e. The van der Waals surface area contributed by atoms with E-state index in [1.165, 1.54) is 25.7 Å². The van der Waals surface area contributed by atoms with Crippen LogP contribution in [0.15, 0.2) is 0 Å². The van der Waals surface area contributed by atoms with Gasteiger partial charge < -0.3 is 10.8 Å². The van der Waals surface area contributed by atoms with Crippen LogP contribution in [0.1, 0.15) is 52.9 Å². The third-order valence-corrected chi connectivity index (χ3v) is 4.59. The zero-order chi connectivity index (χ0) is 13.6. The van der Waals surface area contributed by atoms with Crippen molar-refractivity contribution in [3.05, 3.63) is 0 Å². The summed E-state index contributed by atoms with van der Waals surface area (Å²) >= 11 is 0. The van der Waals surface area contributed by atoms with E-state index in [2.05, 4.69) is 25.7 Å². The van der Waals surface area contributed by atoms with Gasteiger partial charge >= 0.3 is 0 Å². The molecule has 3 heteroatoms. The van der Waals surface area contributed by atoms with E-state index in [-0.39, 0.29) is 12.1 Å². The highest BCUT2D eigenvalue weighted by atomic mass is 16.3. The number of hydrogen-bond donors (Lipinski definition) is 2. The summed E-state index contributed by atoms with van der Waals surface area (Å²) < 4.78 is 0. The number of nitrogens with two attached hydrogens (primary N) is 1. The standard InChI is InChI=1S/C15H32N2O/c1-4-9-17(10-14(3)11-18)15(12-16)7-5-13(2)6-8-15/h13-14,18H,4-12,16H2,1-3H3. The Kier molecular flexibility index (Phi) is 6.61. The first-order valence-corrected chi connectivity index (χ1v) is 7.64. The van der Waals surface area contributed by atoms with Crippen molar-refractivity contribution in [2.75, 3.05) is 26.2 Å². The van der Waals surface area contributed by atoms with Crippen LogP contribution >= 0.6 is 0 Å². The Bertz CT molecular complexity index is 225. The van der Waals surface area contributed by atoms with Gasteiger partial charge in [0.05, 0.1) is 0 Å². The number of nitrogens with zero attached hydrogens (tertiary/aromatic N) is 1. The zero-order valence-electron chi connectivity index (χ0n) is 12.5. The van der Waals surface area contributed by atoms with Gasteiger partial charge in [0.2, 0.25) is 0 Å². The zero-order valence-corrected chi connectivity index (χ0v) is 12.5. The lowest BCUT2D eigenvalue weighted by atomic mass is 9.75. The Morgan fingerprint density at radius 1 is 1.39 bits per heavy atom. The van der Waals surface area contributed by atoms with Gasteiger partial charge in [0.25, 0.3) is 0 Å². The third kappa shape index (κ3) is 3.94. The molecule has 0 aliphatic heterocycles. The molecule has 0 heterocycles. The van der Waals surface area contributed by atoms with Gasteiger partial charge in [-0.05, 0) is 50.5 Å². The summed E-state index contributed by atoms with van der Waals surface area (Å²) in [5.74, 6) is 1.20. The van der Waals surface area contributed by atoms with Crippen LogP contribution in [0.25, 0.3) is 0 Å². The fourth-order valence-electron chi connectivity index (χ4n) is 3.17. The first-order chi connectivity index (χ1) is 8.57. The molecule has 1 atom stereocenters. The molecule has 3 nitrogen and oxygen atoms in total. The van der Waals surface area contributed by atoms with E-state index in [1.54, 1.807) is 0 Å². The molecule has 0 bridgehead atoms. The Balaban J connectivity index is 2.72. The molecule has 1 rings (SSSR count). The lowest BCUT2D eigenvalue weighted by Gasteiger charge is -2.48. The van der Waals surface area contributed by atoms with E-state index < -0.39 is 0 Å². The van der Waals surface area contributed by atoms with Crippen LogP contribution in [-0.2, 0) is 0 Å². The van der Waals surface area contributed by atoms with Crippen LogP contribution in [0.5, 0.6) is 0 Å². The van der Waals surface area contributed by atoms with Crippen LogP contribution in [0, 0.1) is 11.8 Å². The maximum atomic E-state index is 9.29. The smallest absolute Gasteiger partial charge is 0.0468 e. The number of aliphatic hydroxyl groups is 1. The molecule has 0 amide bonds. The molecule has 1 aliphatic carbocycles. The number of rotatable bonds is 7. The predicted octanol–water partition coefficient (Wildman–Crippen LogP) is 2.23. The van der Waals surface area contributed by atoms with Gasteiger partial charge in [-0.1, -0.05) is 20.8 Å². The van der Waals surface area contributed by atoms with Crippen molar-refractivity contribution >= 4 is 0 Å². The van der Waals surface area contributed by atoms with Crippen molar-refractivity contribution < 1.29 is 5.11 Å². The van der Waals surface area contributed by atoms with Gasteiger partial charge in [0.15, 0.2) is 0 Å². The molecule has 18 heavy (non-hydrogen) atoms. The largest absolute Gasteiger partial charge is 0.396 e. The van der Waals surface area contributed by atoms with Crippen molar-refractivity contribution in [2.45, 2.75) is 58.4 Å². The van der Waals surface area contributed by atoms with E-state index >= 15 is 0 Å². The van der Waals surface area contributed by atoms with Crippen LogP contribution in [0.4, 0.5) is 0 Å². The van der Waals surface area contributed by atoms with E-state index in [1.807, 2.05) is 0 Å². The second-order valence-corrected chi connectivity index (χ2v) is 6.34. The molecule has 0 aromatic carbocycles. The molecule has 0 aromatic rings. The van der Waals surface area contributed by atoms with Gasteiger partial charge in [-0.3, -0.25) is 4.90 Å². The summed E-state index contributed by atoms with van der Waals surface area (Å²) in [6.45, 7) is 9.83. The van der Waals surface area contributed by atoms with E-state index in [4.69, 9.17) is 5.73 Å². The molecule has 0 radical (unpaired) electrons. The quantitative estimate of drug-likeness (QED) is 0.734. The SMILES string of the molecule is CCCN(CC(C)CO)C1(CN)CCC(C)CC1. The molecule has 108 valence electrons.